The molecule has 9 heteroatoms. The lowest BCUT2D eigenvalue weighted by Crippen LogP contribution is -2.55. The van der Waals surface area contributed by atoms with Crippen molar-refractivity contribution in [2.45, 2.75) is 71.0 Å². The second kappa shape index (κ2) is 14.7. The lowest BCUT2D eigenvalue weighted by molar-refractivity contribution is -0.140. The third kappa shape index (κ3) is 8.45. The summed E-state index contributed by atoms with van der Waals surface area (Å²) in [5.74, 6) is -0.663. The number of nitrogens with one attached hydrogen (secondary N) is 1. The van der Waals surface area contributed by atoms with Crippen LogP contribution >= 0.6 is 0 Å². The Morgan fingerprint density at radius 3 is 2.07 bits per heavy atom. The lowest BCUT2D eigenvalue weighted by Gasteiger charge is -2.35. The third-order valence-corrected chi connectivity index (χ3v) is 9.88. The number of nitrogens with zero attached hydrogens (tertiary/aromatic N) is 3. The highest BCUT2D eigenvalue weighted by Gasteiger charge is 2.36. The molecule has 1 fully saturated rings. The van der Waals surface area contributed by atoms with Gasteiger partial charge in [0.05, 0.1) is 5.69 Å². The largest absolute Gasteiger partial charge is 0.352 e. The van der Waals surface area contributed by atoms with Gasteiger partial charge < -0.3 is 10.2 Å². The van der Waals surface area contributed by atoms with Crippen LogP contribution < -0.4 is 9.62 Å². The molecule has 1 aliphatic rings. The Kier molecular flexibility index (Phi) is 11.0. The summed E-state index contributed by atoms with van der Waals surface area (Å²) in [6.45, 7) is 3.44. The van der Waals surface area contributed by atoms with Crippen LogP contribution in [0.4, 0.5) is 5.69 Å². The highest BCUT2D eigenvalue weighted by molar-refractivity contribution is 7.90. The maximum atomic E-state index is 14.4. The van der Waals surface area contributed by atoms with Gasteiger partial charge in [-0.2, -0.15) is 12.7 Å². The number of anilines is 1. The van der Waals surface area contributed by atoms with Crippen molar-refractivity contribution in [1.29, 1.82) is 0 Å². The van der Waals surface area contributed by atoms with E-state index in [1.807, 2.05) is 86.6 Å². The van der Waals surface area contributed by atoms with Gasteiger partial charge in [0.25, 0.3) is 0 Å². The maximum absolute atomic E-state index is 14.4. The van der Waals surface area contributed by atoms with E-state index in [0.717, 1.165) is 63.0 Å². The molecule has 0 radical (unpaired) electrons. The number of benzene rings is 3. The van der Waals surface area contributed by atoms with Gasteiger partial charge in [-0.1, -0.05) is 92.1 Å². The van der Waals surface area contributed by atoms with Gasteiger partial charge in [0.1, 0.15) is 12.6 Å². The van der Waals surface area contributed by atoms with E-state index in [-0.39, 0.29) is 18.5 Å². The molecule has 0 saturated heterocycles. The molecule has 1 unspecified atom stereocenters. The Hall–Kier alpha value is -3.69. The molecular weight excluding hydrogens is 560 g/mol. The fourth-order valence-corrected chi connectivity index (χ4v) is 6.68. The molecule has 0 spiro atoms. The normalized spacial score (nSPS) is 14.7. The maximum Gasteiger partial charge on any atom is 0.304 e. The van der Waals surface area contributed by atoms with E-state index in [4.69, 9.17) is 0 Å². The Morgan fingerprint density at radius 2 is 1.47 bits per heavy atom. The van der Waals surface area contributed by atoms with Crippen LogP contribution in [-0.2, 0) is 32.8 Å². The summed E-state index contributed by atoms with van der Waals surface area (Å²) in [6, 6.07) is 23.9. The molecule has 1 saturated carbocycles. The Balaban J connectivity index is 1.76. The average molecular weight is 605 g/mol. The van der Waals surface area contributed by atoms with Crippen molar-refractivity contribution < 1.29 is 18.0 Å². The van der Waals surface area contributed by atoms with Crippen LogP contribution in [0.1, 0.15) is 54.4 Å². The summed E-state index contributed by atoms with van der Waals surface area (Å²) >= 11 is 0. The molecule has 1 aliphatic carbocycles. The molecule has 3 aromatic carbocycles. The molecule has 8 nitrogen and oxygen atoms in total. The van der Waals surface area contributed by atoms with Crippen LogP contribution in [0.5, 0.6) is 0 Å². The topological polar surface area (TPSA) is 90.0 Å². The minimum atomic E-state index is -4.04. The standard InChI is InChI=1S/C34H44N4O4S/c1-26-20-21-27(2)31(22-26)38(43(41,42)36(3)4)25-33(39)37(24-29-16-10-6-11-17-29)32(23-28-14-8-5-9-15-28)34(40)35-30-18-12-7-13-19-30/h5-6,8-11,14-17,20-22,30,32H,7,12-13,18-19,23-25H2,1-4H3,(H,35,40). The van der Waals surface area contributed by atoms with Crippen LogP contribution in [0.15, 0.2) is 78.9 Å². The van der Waals surface area contributed by atoms with E-state index in [2.05, 4.69) is 5.32 Å². The molecule has 1 atom stereocenters. The van der Waals surface area contributed by atoms with Gasteiger partial charge in [0.2, 0.25) is 11.8 Å². The average Bonchev–Trinajstić information content (AvgIpc) is 3.00. The quantitative estimate of drug-likeness (QED) is 0.315. The summed E-state index contributed by atoms with van der Waals surface area (Å²) in [7, 11) is -1.13. The zero-order valence-electron chi connectivity index (χ0n) is 25.7. The monoisotopic (exact) mass is 604 g/mol. The predicted octanol–water partition coefficient (Wildman–Crippen LogP) is 5.01. The third-order valence-electron chi connectivity index (χ3n) is 8.07. The fourth-order valence-electron chi connectivity index (χ4n) is 5.57. The zero-order valence-corrected chi connectivity index (χ0v) is 26.5. The van der Waals surface area contributed by atoms with Crippen molar-refractivity contribution in [3.8, 4) is 0 Å². The summed E-state index contributed by atoms with van der Waals surface area (Å²) < 4.78 is 29.6. The zero-order chi connectivity index (χ0) is 31.0. The molecule has 2 amide bonds. The first-order valence-corrected chi connectivity index (χ1v) is 16.4. The van der Waals surface area contributed by atoms with Gasteiger partial charge in [0.15, 0.2) is 0 Å². The molecule has 230 valence electrons. The molecule has 0 aromatic heterocycles. The van der Waals surface area contributed by atoms with Gasteiger partial charge in [-0.05, 0) is 55.0 Å². The van der Waals surface area contributed by atoms with Crippen molar-refractivity contribution in [3.63, 3.8) is 0 Å². The lowest BCUT2D eigenvalue weighted by atomic mass is 9.94. The highest BCUT2D eigenvalue weighted by Crippen LogP contribution is 2.26. The van der Waals surface area contributed by atoms with Crippen LogP contribution in [0, 0.1) is 13.8 Å². The Morgan fingerprint density at radius 1 is 0.860 bits per heavy atom. The SMILES string of the molecule is Cc1ccc(C)c(N(CC(=O)N(Cc2ccccc2)C(Cc2ccccc2)C(=O)NC2CCCCC2)S(=O)(=O)N(C)C)c1. The molecular formula is C34H44N4O4S. The van der Waals surface area contributed by atoms with E-state index >= 15 is 0 Å². The van der Waals surface area contributed by atoms with Crippen molar-refractivity contribution in [3.05, 3.63) is 101 Å². The number of aryl methyl sites for hydroxylation is 2. The number of amides is 2. The van der Waals surface area contributed by atoms with Crippen LogP contribution in [0.2, 0.25) is 0 Å². The van der Waals surface area contributed by atoms with Crippen LogP contribution in [-0.4, -0.2) is 62.2 Å². The molecule has 3 aromatic rings. The first-order chi connectivity index (χ1) is 20.6. The van der Waals surface area contributed by atoms with Gasteiger partial charge >= 0.3 is 10.2 Å². The summed E-state index contributed by atoms with van der Waals surface area (Å²) in [5.41, 5.74) is 3.82. The van der Waals surface area contributed by atoms with E-state index in [1.54, 1.807) is 11.0 Å². The Bertz CT molecular complexity index is 1470. The molecule has 0 aliphatic heterocycles. The van der Waals surface area contributed by atoms with Crippen molar-refractivity contribution in [2.24, 2.45) is 0 Å². The highest BCUT2D eigenvalue weighted by atomic mass is 32.2. The molecule has 0 bridgehead atoms. The summed E-state index contributed by atoms with van der Waals surface area (Å²) in [4.78, 5) is 30.1. The number of hydrogen-bond donors (Lipinski definition) is 1. The summed E-state index contributed by atoms with van der Waals surface area (Å²) in [5, 5.41) is 3.24. The Labute approximate surface area is 256 Å². The second-order valence-corrected chi connectivity index (χ2v) is 13.7. The van der Waals surface area contributed by atoms with Crippen LogP contribution in [0.25, 0.3) is 0 Å². The minimum Gasteiger partial charge on any atom is -0.352 e. The number of hydrogen-bond acceptors (Lipinski definition) is 4. The van der Waals surface area contributed by atoms with Gasteiger partial charge in [0, 0.05) is 33.1 Å². The molecule has 0 heterocycles. The van der Waals surface area contributed by atoms with Gasteiger partial charge in [-0.15, -0.1) is 0 Å². The smallest absolute Gasteiger partial charge is 0.304 e. The van der Waals surface area contributed by atoms with Crippen molar-refractivity contribution >= 4 is 27.7 Å². The second-order valence-electron chi connectivity index (χ2n) is 11.6. The van der Waals surface area contributed by atoms with Crippen molar-refractivity contribution in [1.82, 2.24) is 14.5 Å². The predicted molar refractivity (Wildman–Crippen MR) is 172 cm³/mol. The fraction of sp³-hybridized carbons (Fsp3) is 0.412. The number of carbonyl (C=O) groups excluding carboxylic acids is 2. The minimum absolute atomic E-state index is 0.0637. The van der Waals surface area contributed by atoms with E-state index in [1.165, 1.54) is 14.1 Å². The summed E-state index contributed by atoms with van der Waals surface area (Å²) in [6.07, 6.45) is 5.42. The van der Waals surface area contributed by atoms with E-state index in [9.17, 15) is 18.0 Å². The number of rotatable bonds is 12. The van der Waals surface area contributed by atoms with Crippen LogP contribution in [0.3, 0.4) is 0 Å². The van der Waals surface area contributed by atoms with E-state index < -0.39 is 28.7 Å². The van der Waals surface area contributed by atoms with Crippen molar-refractivity contribution in [2.75, 3.05) is 24.9 Å². The molecule has 4 rings (SSSR count). The first kappa shape index (κ1) is 32.2. The molecule has 1 N–H and O–H groups in total. The van der Waals surface area contributed by atoms with E-state index in [0.29, 0.717) is 12.1 Å². The number of carbonyl (C=O) groups is 2. The van der Waals surface area contributed by atoms with Gasteiger partial charge in [-0.25, -0.2) is 4.31 Å². The first-order valence-electron chi connectivity index (χ1n) is 15.0. The molecule has 43 heavy (non-hydrogen) atoms. The van der Waals surface area contributed by atoms with Gasteiger partial charge in [-0.3, -0.25) is 9.59 Å².